The van der Waals surface area contributed by atoms with E-state index in [4.69, 9.17) is 5.73 Å². The van der Waals surface area contributed by atoms with Crippen molar-refractivity contribution in [2.75, 3.05) is 5.32 Å². The summed E-state index contributed by atoms with van der Waals surface area (Å²) < 4.78 is 28.3. The van der Waals surface area contributed by atoms with Crippen LogP contribution in [0, 0.1) is 11.6 Å². The molecule has 0 saturated heterocycles. The quantitative estimate of drug-likeness (QED) is 0.794. The van der Waals surface area contributed by atoms with Crippen molar-refractivity contribution in [1.82, 2.24) is 10.3 Å². The van der Waals surface area contributed by atoms with Crippen LogP contribution < -0.4 is 16.4 Å². The molecule has 1 aliphatic heterocycles. The van der Waals surface area contributed by atoms with Crippen LogP contribution in [0.1, 0.15) is 36.8 Å². The summed E-state index contributed by atoms with van der Waals surface area (Å²) in [6.45, 7) is 1.02. The van der Waals surface area contributed by atoms with Crippen LogP contribution in [0.15, 0.2) is 11.4 Å². The van der Waals surface area contributed by atoms with Gasteiger partial charge < -0.3 is 16.4 Å². The SMILES string of the molecule is N[C@H]1CCCC[C@H]1Nc1nc(-c2cc(F)cs2)c2c(c1F)CNC2. The number of anilines is 1. The Labute approximate surface area is 143 Å². The van der Waals surface area contributed by atoms with Crippen LogP contribution in [0.25, 0.3) is 10.6 Å². The van der Waals surface area contributed by atoms with Gasteiger partial charge in [0.15, 0.2) is 11.6 Å². The average Bonchev–Trinajstić information content (AvgIpc) is 3.21. The van der Waals surface area contributed by atoms with Gasteiger partial charge in [0, 0.05) is 41.7 Å². The Morgan fingerprint density at radius 3 is 2.75 bits per heavy atom. The van der Waals surface area contributed by atoms with Gasteiger partial charge in [-0.3, -0.25) is 0 Å². The first-order chi connectivity index (χ1) is 11.6. The van der Waals surface area contributed by atoms with Gasteiger partial charge in [-0.15, -0.1) is 11.3 Å². The van der Waals surface area contributed by atoms with Crippen LogP contribution in [-0.2, 0) is 13.1 Å². The fourth-order valence-electron chi connectivity index (χ4n) is 3.58. The van der Waals surface area contributed by atoms with Crippen molar-refractivity contribution in [2.45, 2.75) is 50.9 Å². The Morgan fingerprint density at radius 2 is 2.00 bits per heavy atom. The van der Waals surface area contributed by atoms with Crippen LogP contribution in [0.2, 0.25) is 0 Å². The molecule has 2 aromatic rings. The highest BCUT2D eigenvalue weighted by molar-refractivity contribution is 7.13. The Balaban J connectivity index is 1.74. The lowest BCUT2D eigenvalue weighted by Gasteiger charge is -2.30. The Kier molecular flexibility index (Phi) is 4.24. The van der Waals surface area contributed by atoms with Crippen LogP contribution in [0.5, 0.6) is 0 Å². The number of hydrogen-bond acceptors (Lipinski definition) is 5. The summed E-state index contributed by atoms with van der Waals surface area (Å²) in [6, 6.07) is 1.50. The number of aromatic nitrogens is 1. The molecule has 1 saturated carbocycles. The molecule has 1 fully saturated rings. The summed E-state index contributed by atoms with van der Waals surface area (Å²) in [5, 5.41) is 7.82. The summed E-state index contributed by atoms with van der Waals surface area (Å²) in [5.41, 5.74) is 8.29. The van der Waals surface area contributed by atoms with Crippen molar-refractivity contribution in [2.24, 2.45) is 5.73 Å². The molecule has 0 aromatic carbocycles. The van der Waals surface area contributed by atoms with E-state index < -0.39 is 0 Å². The number of nitrogens with two attached hydrogens (primary N) is 1. The van der Waals surface area contributed by atoms with Crippen LogP contribution in [-0.4, -0.2) is 17.1 Å². The van der Waals surface area contributed by atoms with Crippen molar-refractivity contribution in [3.8, 4) is 10.6 Å². The molecule has 7 heteroatoms. The number of nitrogens with one attached hydrogen (secondary N) is 2. The van der Waals surface area contributed by atoms with E-state index in [2.05, 4.69) is 15.6 Å². The first-order valence-corrected chi connectivity index (χ1v) is 9.20. The molecule has 4 nitrogen and oxygen atoms in total. The topological polar surface area (TPSA) is 63.0 Å². The molecular weight excluding hydrogens is 330 g/mol. The zero-order chi connectivity index (χ0) is 16.7. The summed E-state index contributed by atoms with van der Waals surface area (Å²) in [5.74, 6) is -0.359. The van der Waals surface area contributed by atoms with Crippen LogP contribution >= 0.6 is 11.3 Å². The second-order valence-electron chi connectivity index (χ2n) is 6.51. The lowest BCUT2D eigenvalue weighted by molar-refractivity contribution is 0.402. The zero-order valence-electron chi connectivity index (χ0n) is 13.2. The molecule has 0 spiro atoms. The fourth-order valence-corrected chi connectivity index (χ4v) is 4.35. The van der Waals surface area contributed by atoms with Crippen molar-refractivity contribution in [3.05, 3.63) is 34.2 Å². The van der Waals surface area contributed by atoms with Crippen molar-refractivity contribution in [3.63, 3.8) is 0 Å². The summed E-state index contributed by atoms with van der Waals surface area (Å²) in [6.07, 6.45) is 4.06. The highest BCUT2D eigenvalue weighted by atomic mass is 32.1. The Hall–Kier alpha value is -1.57. The fraction of sp³-hybridized carbons (Fsp3) is 0.471. The molecule has 0 amide bonds. The minimum absolute atomic E-state index is 0.00830. The molecule has 1 aliphatic carbocycles. The second-order valence-corrected chi connectivity index (χ2v) is 7.42. The number of pyridine rings is 1. The van der Waals surface area contributed by atoms with Crippen molar-refractivity contribution in [1.29, 1.82) is 0 Å². The lowest BCUT2D eigenvalue weighted by Crippen LogP contribution is -2.43. The largest absolute Gasteiger partial charge is 0.363 e. The van der Waals surface area contributed by atoms with E-state index in [-0.39, 0.29) is 29.5 Å². The predicted octanol–water partition coefficient (Wildman–Crippen LogP) is 3.37. The molecule has 2 atom stereocenters. The molecule has 2 aliphatic rings. The minimum atomic E-state index is -0.312. The third-order valence-electron chi connectivity index (χ3n) is 4.89. The van der Waals surface area contributed by atoms with Gasteiger partial charge >= 0.3 is 0 Å². The summed E-state index contributed by atoms with van der Waals surface area (Å²) in [4.78, 5) is 5.24. The Bertz CT molecular complexity index is 761. The number of fused-ring (bicyclic) bond motifs is 1. The summed E-state index contributed by atoms with van der Waals surface area (Å²) >= 11 is 1.29. The van der Waals surface area contributed by atoms with E-state index in [9.17, 15) is 8.78 Å². The zero-order valence-corrected chi connectivity index (χ0v) is 14.1. The van der Waals surface area contributed by atoms with Gasteiger partial charge in [-0.25, -0.2) is 13.8 Å². The molecule has 4 rings (SSSR count). The van der Waals surface area contributed by atoms with Crippen molar-refractivity contribution >= 4 is 17.2 Å². The van der Waals surface area contributed by atoms with Gasteiger partial charge in [-0.2, -0.15) is 0 Å². The smallest absolute Gasteiger partial charge is 0.170 e. The van der Waals surface area contributed by atoms with Crippen molar-refractivity contribution < 1.29 is 8.78 Å². The van der Waals surface area contributed by atoms with E-state index in [0.717, 1.165) is 36.1 Å². The normalized spacial score (nSPS) is 23.3. The van der Waals surface area contributed by atoms with E-state index in [1.54, 1.807) is 0 Å². The van der Waals surface area contributed by atoms with E-state index in [1.165, 1.54) is 22.8 Å². The van der Waals surface area contributed by atoms with Crippen LogP contribution in [0.4, 0.5) is 14.6 Å². The maximum Gasteiger partial charge on any atom is 0.170 e. The first-order valence-electron chi connectivity index (χ1n) is 8.32. The molecule has 2 aromatic heterocycles. The van der Waals surface area contributed by atoms with E-state index in [0.29, 0.717) is 24.3 Å². The number of halogens is 2. The standard InChI is InChI=1S/C17H20F2N4S/c18-9-5-14(24-8-9)16-11-7-21-6-10(11)15(19)17(23-16)22-13-4-2-1-3-12(13)20/h5,8,12-13,21H,1-4,6-7,20H2,(H,22,23)/t12-,13+/m0/s1. The Morgan fingerprint density at radius 1 is 1.21 bits per heavy atom. The summed E-state index contributed by atoms with van der Waals surface area (Å²) in [7, 11) is 0. The number of nitrogens with zero attached hydrogens (tertiary/aromatic N) is 1. The van der Waals surface area contributed by atoms with Gasteiger partial charge in [0.25, 0.3) is 0 Å². The molecule has 0 bridgehead atoms. The second kappa shape index (κ2) is 6.38. The van der Waals surface area contributed by atoms with Gasteiger partial charge in [0.1, 0.15) is 5.82 Å². The lowest BCUT2D eigenvalue weighted by atomic mass is 9.91. The highest BCUT2D eigenvalue weighted by Crippen LogP contribution is 2.36. The van der Waals surface area contributed by atoms with Gasteiger partial charge in [0.05, 0.1) is 10.6 Å². The monoisotopic (exact) mass is 350 g/mol. The molecule has 3 heterocycles. The average molecular weight is 350 g/mol. The first kappa shape index (κ1) is 15.9. The van der Waals surface area contributed by atoms with Gasteiger partial charge in [-0.1, -0.05) is 12.8 Å². The minimum Gasteiger partial charge on any atom is -0.363 e. The molecule has 128 valence electrons. The maximum absolute atomic E-state index is 14.9. The number of thiophene rings is 1. The van der Waals surface area contributed by atoms with Gasteiger partial charge in [-0.05, 0) is 18.9 Å². The van der Waals surface area contributed by atoms with E-state index >= 15 is 0 Å². The van der Waals surface area contributed by atoms with Crippen LogP contribution in [0.3, 0.4) is 0 Å². The molecular formula is C17H20F2N4S. The van der Waals surface area contributed by atoms with E-state index in [1.807, 2.05) is 0 Å². The molecule has 0 radical (unpaired) electrons. The van der Waals surface area contributed by atoms with Gasteiger partial charge in [0.2, 0.25) is 0 Å². The molecule has 24 heavy (non-hydrogen) atoms. The number of hydrogen-bond donors (Lipinski definition) is 3. The maximum atomic E-state index is 14.9. The number of rotatable bonds is 3. The third kappa shape index (κ3) is 2.81. The third-order valence-corrected chi connectivity index (χ3v) is 5.80. The predicted molar refractivity (Wildman–Crippen MR) is 91.9 cm³/mol. The molecule has 0 unspecified atom stereocenters. The highest BCUT2D eigenvalue weighted by Gasteiger charge is 2.28. The molecule has 4 N–H and O–H groups in total.